The second-order valence-corrected chi connectivity index (χ2v) is 9.09. The van der Waals surface area contributed by atoms with Crippen LogP contribution in [0.2, 0.25) is 0 Å². The Morgan fingerprint density at radius 2 is 1.66 bits per heavy atom. The number of carbonyl (C=O) groups excluding carboxylic acids is 2. The molecule has 1 saturated heterocycles. The summed E-state index contributed by atoms with van der Waals surface area (Å²) >= 11 is 0. The van der Waals surface area contributed by atoms with E-state index in [0.29, 0.717) is 24.7 Å². The molecule has 7 nitrogen and oxygen atoms in total. The number of ether oxygens (including phenoxy) is 1. The van der Waals surface area contributed by atoms with E-state index in [2.05, 4.69) is 12.2 Å². The van der Waals surface area contributed by atoms with Gasteiger partial charge >= 0.3 is 5.97 Å². The van der Waals surface area contributed by atoms with E-state index in [0.717, 1.165) is 12.8 Å². The first kappa shape index (κ1) is 21.0. The Labute approximate surface area is 170 Å². The molecular formula is C21H24N2O5S. The second-order valence-electron chi connectivity index (χ2n) is 7.15. The minimum atomic E-state index is -3.54. The monoisotopic (exact) mass is 416 g/mol. The molecular weight excluding hydrogens is 392 g/mol. The van der Waals surface area contributed by atoms with Gasteiger partial charge in [0, 0.05) is 25.7 Å². The second kappa shape index (κ2) is 8.75. The number of amides is 1. The first-order valence-corrected chi connectivity index (χ1v) is 10.9. The Kier molecular flexibility index (Phi) is 6.34. The molecule has 0 saturated carbocycles. The highest BCUT2D eigenvalue weighted by Gasteiger charge is 2.28. The van der Waals surface area contributed by atoms with Crippen LogP contribution in [0.5, 0.6) is 5.75 Å². The molecule has 2 aromatic carbocycles. The third-order valence-corrected chi connectivity index (χ3v) is 6.79. The highest BCUT2D eigenvalue weighted by atomic mass is 32.2. The third-order valence-electron chi connectivity index (χ3n) is 4.88. The lowest BCUT2D eigenvalue weighted by Crippen LogP contribution is -2.37. The molecule has 0 aromatic heterocycles. The summed E-state index contributed by atoms with van der Waals surface area (Å²) in [5.74, 6) is -0.278. The predicted molar refractivity (Wildman–Crippen MR) is 109 cm³/mol. The molecule has 29 heavy (non-hydrogen) atoms. The lowest BCUT2D eigenvalue weighted by Gasteiger charge is -2.29. The van der Waals surface area contributed by atoms with Crippen molar-refractivity contribution < 1.29 is 22.7 Å². The summed E-state index contributed by atoms with van der Waals surface area (Å²) in [7, 11) is -3.54. The molecule has 1 fully saturated rings. The van der Waals surface area contributed by atoms with Crippen LogP contribution in [-0.2, 0) is 14.8 Å². The fourth-order valence-corrected chi connectivity index (χ4v) is 4.65. The molecule has 154 valence electrons. The molecule has 0 bridgehead atoms. The van der Waals surface area contributed by atoms with Gasteiger partial charge < -0.3 is 10.1 Å². The molecule has 1 amide bonds. The van der Waals surface area contributed by atoms with Crippen LogP contribution in [-0.4, -0.2) is 37.7 Å². The van der Waals surface area contributed by atoms with Crippen LogP contribution in [0, 0.1) is 5.92 Å². The number of piperidine rings is 1. The van der Waals surface area contributed by atoms with Crippen molar-refractivity contribution in [3.05, 3.63) is 54.1 Å². The van der Waals surface area contributed by atoms with Gasteiger partial charge in [-0.15, -0.1) is 0 Å². The van der Waals surface area contributed by atoms with E-state index in [-0.39, 0.29) is 16.2 Å². The maximum absolute atomic E-state index is 12.8. The molecule has 0 aliphatic carbocycles. The van der Waals surface area contributed by atoms with Crippen LogP contribution in [0.4, 0.5) is 5.69 Å². The van der Waals surface area contributed by atoms with Crippen LogP contribution >= 0.6 is 0 Å². The largest absolute Gasteiger partial charge is 0.426 e. The fraction of sp³-hybridized carbons (Fsp3) is 0.333. The van der Waals surface area contributed by atoms with Crippen LogP contribution < -0.4 is 10.1 Å². The zero-order valence-corrected chi connectivity index (χ0v) is 17.2. The third kappa shape index (κ3) is 5.02. The maximum Gasteiger partial charge on any atom is 0.308 e. The highest BCUT2D eigenvalue weighted by Crippen LogP contribution is 2.25. The summed E-state index contributed by atoms with van der Waals surface area (Å²) in [5, 5.41) is 2.70. The number of nitrogens with one attached hydrogen (secondary N) is 1. The molecule has 0 atom stereocenters. The molecule has 0 spiro atoms. The van der Waals surface area contributed by atoms with Crippen molar-refractivity contribution >= 4 is 27.6 Å². The molecule has 2 aromatic rings. The quantitative estimate of drug-likeness (QED) is 0.596. The molecule has 1 heterocycles. The molecule has 0 radical (unpaired) electrons. The van der Waals surface area contributed by atoms with E-state index in [9.17, 15) is 18.0 Å². The molecule has 0 unspecified atom stereocenters. The van der Waals surface area contributed by atoms with Gasteiger partial charge in [-0.2, -0.15) is 4.31 Å². The SMILES string of the molecule is CC(=O)Oc1ccccc1C(=O)Nc1ccc(S(=O)(=O)N2CCC(C)CC2)cc1. The van der Waals surface area contributed by atoms with Crippen LogP contribution in [0.25, 0.3) is 0 Å². The number of hydrogen-bond donors (Lipinski definition) is 1. The van der Waals surface area contributed by atoms with Gasteiger partial charge in [-0.1, -0.05) is 19.1 Å². The molecule has 1 aliphatic rings. The summed E-state index contributed by atoms with van der Waals surface area (Å²) in [4.78, 5) is 24.0. The summed E-state index contributed by atoms with van der Waals surface area (Å²) < 4.78 is 32.1. The average Bonchev–Trinajstić information content (AvgIpc) is 2.68. The van der Waals surface area contributed by atoms with Gasteiger partial charge in [0.15, 0.2) is 0 Å². The maximum atomic E-state index is 12.8. The number of nitrogens with zero attached hydrogens (tertiary/aromatic N) is 1. The average molecular weight is 416 g/mol. The van der Waals surface area contributed by atoms with Gasteiger partial charge in [-0.25, -0.2) is 8.42 Å². The number of carbonyl (C=O) groups is 2. The van der Waals surface area contributed by atoms with Gasteiger partial charge in [0.1, 0.15) is 5.75 Å². The smallest absolute Gasteiger partial charge is 0.308 e. The standard InChI is InChI=1S/C21H24N2O5S/c1-15-11-13-23(14-12-15)29(26,27)18-9-7-17(8-10-18)22-21(25)19-5-3-4-6-20(19)28-16(2)24/h3-10,15H,11-14H2,1-2H3,(H,22,25). The van der Waals surface area contributed by atoms with Gasteiger partial charge in [-0.05, 0) is 55.2 Å². The first-order valence-electron chi connectivity index (χ1n) is 9.46. The number of anilines is 1. The summed E-state index contributed by atoms with van der Waals surface area (Å²) in [6.45, 7) is 4.43. The minimum absolute atomic E-state index is 0.163. The normalized spacial score (nSPS) is 15.7. The van der Waals surface area contributed by atoms with Crippen LogP contribution in [0.3, 0.4) is 0 Å². The number of sulfonamides is 1. The number of benzene rings is 2. The zero-order valence-electron chi connectivity index (χ0n) is 16.4. The van der Waals surface area contributed by atoms with Gasteiger partial charge in [0.05, 0.1) is 10.5 Å². The van der Waals surface area contributed by atoms with E-state index < -0.39 is 21.9 Å². The Morgan fingerprint density at radius 3 is 2.28 bits per heavy atom. The van der Waals surface area contributed by atoms with Crippen molar-refractivity contribution in [2.75, 3.05) is 18.4 Å². The van der Waals surface area contributed by atoms with Crippen LogP contribution in [0.1, 0.15) is 37.0 Å². The summed E-state index contributed by atoms with van der Waals surface area (Å²) in [6, 6.07) is 12.5. The zero-order chi connectivity index (χ0) is 21.0. The number of hydrogen-bond acceptors (Lipinski definition) is 5. The number of rotatable bonds is 5. The van der Waals surface area contributed by atoms with E-state index in [1.807, 2.05) is 0 Å². The van der Waals surface area contributed by atoms with E-state index >= 15 is 0 Å². The molecule has 1 aliphatic heterocycles. The lowest BCUT2D eigenvalue weighted by atomic mass is 10.0. The minimum Gasteiger partial charge on any atom is -0.426 e. The number of esters is 1. The first-order chi connectivity index (χ1) is 13.8. The Morgan fingerprint density at radius 1 is 1.03 bits per heavy atom. The van der Waals surface area contributed by atoms with Crippen LogP contribution in [0.15, 0.2) is 53.4 Å². The summed E-state index contributed by atoms with van der Waals surface area (Å²) in [6.07, 6.45) is 1.71. The van der Waals surface area contributed by atoms with Gasteiger partial charge in [-0.3, -0.25) is 9.59 Å². The van der Waals surface area contributed by atoms with Gasteiger partial charge in [0.25, 0.3) is 5.91 Å². The predicted octanol–water partition coefficient (Wildman–Crippen LogP) is 3.28. The highest BCUT2D eigenvalue weighted by molar-refractivity contribution is 7.89. The van der Waals surface area contributed by atoms with Crippen molar-refractivity contribution in [3.8, 4) is 5.75 Å². The molecule has 8 heteroatoms. The Balaban J connectivity index is 1.73. The van der Waals surface area contributed by atoms with Crippen molar-refractivity contribution in [1.82, 2.24) is 4.31 Å². The van der Waals surface area contributed by atoms with E-state index in [4.69, 9.17) is 4.74 Å². The van der Waals surface area contributed by atoms with Crippen molar-refractivity contribution in [1.29, 1.82) is 0 Å². The Hall–Kier alpha value is -2.71. The molecule has 1 N–H and O–H groups in total. The molecule has 3 rings (SSSR count). The van der Waals surface area contributed by atoms with Gasteiger partial charge in [0.2, 0.25) is 10.0 Å². The van der Waals surface area contributed by atoms with E-state index in [1.165, 1.54) is 29.4 Å². The van der Waals surface area contributed by atoms with Crippen molar-refractivity contribution in [2.45, 2.75) is 31.6 Å². The Bertz CT molecular complexity index is 994. The summed E-state index contributed by atoms with van der Waals surface area (Å²) in [5.41, 5.74) is 0.653. The lowest BCUT2D eigenvalue weighted by molar-refractivity contribution is -0.131. The topological polar surface area (TPSA) is 92.8 Å². The number of para-hydroxylation sites is 1. The van der Waals surface area contributed by atoms with Crippen molar-refractivity contribution in [3.63, 3.8) is 0 Å². The fourth-order valence-electron chi connectivity index (χ4n) is 3.18. The van der Waals surface area contributed by atoms with E-state index in [1.54, 1.807) is 30.3 Å². The van der Waals surface area contributed by atoms with Crippen molar-refractivity contribution in [2.24, 2.45) is 5.92 Å².